The first-order chi connectivity index (χ1) is 10.3. The van der Waals surface area contributed by atoms with E-state index in [4.69, 9.17) is 4.74 Å². The summed E-state index contributed by atoms with van der Waals surface area (Å²) in [4.78, 5) is 13.2. The van der Waals surface area contributed by atoms with Crippen molar-refractivity contribution in [3.8, 4) is 0 Å². The highest BCUT2D eigenvalue weighted by Crippen LogP contribution is 2.27. The quantitative estimate of drug-likeness (QED) is 0.593. The van der Waals surface area contributed by atoms with Crippen LogP contribution < -0.4 is 5.32 Å². The maximum absolute atomic E-state index is 12.2. The van der Waals surface area contributed by atoms with E-state index in [1.165, 1.54) is 5.56 Å². The minimum atomic E-state index is -0.0143. The zero-order valence-corrected chi connectivity index (χ0v) is 13.6. The summed E-state index contributed by atoms with van der Waals surface area (Å²) < 4.78 is 4.98. The maximum atomic E-state index is 12.2. The Balaban J connectivity index is 1.94. The molecule has 2 aromatic rings. The predicted molar refractivity (Wildman–Crippen MR) is 89.1 cm³/mol. The van der Waals surface area contributed by atoms with Gasteiger partial charge in [-0.3, -0.25) is 4.79 Å². The number of hydrogen-bond acceptors (Lipinski definition) is 4. The third-order valence-corrected chi connectivity index (χ3v) is 4.79. The Labute approximate surface area is 133 Å². The summed E-state index contributed by atoms with van der Waals surface area (Å²) >= 11 is 3.39. The van der Waals surface area contributed by atoms with E-state index in [0.717, 1.165) is 22.6 Å². The molecule has 0 saturated heterocycles. The first kappa shape index (κ1) is 16.1. The first-order valence-corrected chi connectivity index (χ1v) is 8.74. The van der Waals surface area contributed by atoms with Crippen molar-refractivity contribution >= 4 is 29.0 Å². The summed E-state index contributed by atoms with van der Waals surface area (Å²) in [6.07, 6.45) is 0.826. The zero-order chi connectivity index (χ0) is 14.9. The van der Waals surface area contributed by atoms with Crippen LogP contribution in [-0.4, -0.2) is 26.2 Å². The van der Waals surface area contributed by atoms with Crippen molar-refractivity contribution in [2.45, 2.75) is 17.1 Å². The highest BCUT2D eigenvalue weighted by atomic mass is 32.2. The summed E-state index contributed by atoms with van der Waals surface area (Å²) in [7, 11) is 1.66. The number of benzene rings is 1. The molecule has 0 aliphatic rings. The zero-order valence-electron chi connectivity index (χ0n) is 12.0. The van der Waals surface area contributed by atoms with Crippen LogP contribution in [0.4, 0.5) is 0 Å². The maximum Gasteiger partial charge on any atom is 0.252 e. The van der Waals surface area contributed by atoms with Gasteiger partial charge < -0.3 is 10.1 Å². The van der Waals surface area contributed by atoms with Crippen molar-refractivity contribution in [2.24, 2.45) is 0 Å². The second-order valence-corrected chi connectivity index (χ2v) is 6.32. The summed E-state index contributed by atoms with van der Waals surface area (Å²) in [6, 6.07) is 9.87. The fourth-order valence-corrected chi connectivity index (χ4v) is 3.60. The number of methoxy groups -OCH3 is 1. The van der Waals surface area contributed by atoms with Crippen LogP contribution in [0.25, 0.3) is 0 Å². The van der Waals surface area contributed by atoms with Gasteiger partial charge in [0.2, 0.25) is 0 Å². The molecule has 0 unspecified atom stereocenters. The Hall–Kier alpha value is -1.30. The van der Waals surface area contributed by atoms with E-state index in [9.17, 15) is 4.79 Å². The van der Waals surface area contributed by atoms with Crippen LogP contribution in [0.5, 0.6) is 0 Å². The average Bonchev–Trinajstić information content (AvgIpc) is 3.03. The number of carbonyl (C=O) groups is 1. The lowest BCUT2D eigenvalue weighted by Crippen LogP contribution is -2.25. The van der Waals surface area contributed by atoms with Gasteiger partial charge in [-0.1, -0.05) is 12.1 Å². The molecule has 0 aliphatic heterocycles. The molecular formula is C16H19NO2S2. The molecule has 0 atom stereocenters. The van der Waals surface area contributed by atoms with E-state index < -0.39 is 0 Å². The number of ether oxygens (including phenoxy) is 1. The molecule has 0 fully saturated rings. The van der Waals surface area contributed by atoms with Gasteiger partial charge >= 0.3 is 0 Å². The number of nitrogens with one attached hydrogen (secondary N) is 1. The average molecular weight is 321 g/mol. The molecule has 0 bridgehead atoms. The molecular weight excluding hydrogens is 302 g/mol. The van der Waals surface area contributed by atoms with Crippen molar-refractivity contribution in [2.75, 3.05) is 20.3 Å². The Morgan fingerprint density at radius 2 is 2.19 bits per heavy atom. The Morgan fingerprint density at radius 1 is 1.33 bits per heavy atom. The first-order valence-electron chi connectivity index (χ1n) is 6.81. The highest BCUT2D eigenvalue weighted by molar-refractivity contribution is 7.98. The van der Waals surface area contributed by atoms with E-state index in [1.807, 2.05) is 24.3 Å². The summed E-state index contributed by atoms with van der Waals surface area (Å²) in [5.74, 6) is 0.872. The summed E-state index contributed by atoms with van der Waals surface area (Å²) in [6.45, 7) is 1.30. The molecule has 0 spiro atoms. The molecule has 1 aromatic carbocycles. The van der Waals surface area contributed by atoms with Crippen LogP contribution in [0, 0.1) is 0 Å². The molecule has 1 N–H and O–H groups in total. The van der Waals surface area contributed by atoms with Crippen LogP contribution in [-0.2, 0) is 10.5 Å². The molecule has 1 aromatic heterocycles. The van der Waals surface area contributed by atoms with Crippen LogP contribution >= 0.6 is 23.1 Å². The Kier molecular flexibility index (Phi) is 6.79. The molecule has 5 heteroatoms. The normalized spacial score (nSPS) is 10.5. The lowest BCUT2D eigenvalue weighted by Gasteiger charge is -2.09. The molecule has 2 rings (SSSR count). The largest absolute Gasteiger partial charge is 0.385 e. The second kappa shape index (κ2) is 8.87. The molecule has 3 nitrogen and oxygen atoms in total. The van der Waals surface area contributed by atoms with Crippen molar-refractivity contribution in [3.63, 3.8) is 0 Å². The second-order valence-electron chi connectivity index (χ2n) is 4.52. The van der Waals surface area contributed by atoms with Crippen LogP contribution in [0.2, 0.25) is 0 Å². The standard InChI is InChI=1S/C16H19NO2S2/c1-19-9-4-8-17-16(18)14-5-2-3-6-15(14)21-12-13-7-10-20-11-13/h2-3,5-7,10-11H,4,8-9,12H2,1H3,(H,17,18). The van der Waals surface area contributed by atoms with Gasteiger partial charge in [-0.2, -0.15) is 11.3 Å². The third-order valence-electron chi connectivity index (χ3n) is 2.92. The van der Waals surface area contributed by atoms with Crippen molar-refractivity contribution in [1.82, 2.24) is 5.32 Å². The molecule has 0 aliphatic carbocycles. The number of rotatable bonds is 8. The number of thiophene rings is 1. The lowest BCUT2D eigenvalue weighted by molar-refractivity contribution is 0.0945. The van der Waals surface area contributed by atoms with E-state index in [1.54, 1.807) is 30.2 Å². The van der Waals surface area contributed by atoms with Gasteiger partial charge in [0, 0.05) is 30.9 Å². The fraction of sp³-hybridized carbons (Fsp3) is 0.312. The molecule has 1 heterocycles. The number of carbonyl (C=O) groups excluding carboxylic acids is 1. The summed E-state index contributed by atoms with van der Waals surface area (Å²) in [5.41, 5.74) is 2.04. The number of amides is 1. The van der Waals surface area contributed by atoms with Gasteiger partial charge in [-0.05, 0) is 40.9 Å². The SMILES string of the molecule is COCCCNC(=O)c1ccccc1SCc1ccsc1. The molecule has 1 amide bonds. The molecule has 21 heavy (non-hydrogen) atoms. The van der Waals surface area contributed by atoms with Gasteiger partial charge in [0.1, 0.15) is 0 Å². The van der Waals surface area contributed by atoms with Gasteiger partial charge in [-0.25, -0.2) is 0 Å². The summed E-state index contributed by atoms with van der Waals surface area (Å²) in [5, 5.41) is 7.15. The molecule has 112 valence electrons. The number of hydrogen-bond donors (Lipinski definition) is 1. The van der Waals surface area contributed by atoms with Crippen LogP contribution in [0.15, 0.2) is 46.0 Å². The fourth-order valence-electron chi connectivity index (χ4n) is 1.83. The van der Waals surface area contributed by atoms with Crippen LogP contribution in [0.3, 0.4) is 0 Å². The van der Waals surface area contributed by atoms with Gasteiger partial charge in [0.05, 0.1) is 5.56 Å². The van der Waals surface area contributed by atoms with Crippen molar-refractivity contribution in [1.29, 1.82) is 0 Å². The third kappa shape index (κ3) is 5.19. The van der Waals surface area contributed by atoms with E-state index in [0.29, 0.717) is 13.2 Å². The lowest BCUT2D eigenvalue weighted by atomic mass is 10.2. The van der Waals surface area contributed by atoms with Gasteiger partial charge in [-0.15, -0.1) is 11.8 Å². The molecule has 0 radical (unpaired) electrons. The Morgan fingerprint density at radius 3 is 2.95 bits per heavy atom. The van der Waals surface area contributed by atoms with Gasteiger partial charge in [0.15, 0.2) is 0 Å². The van der Waals surface area contributed by atoms with E-state index >= 15 is 0 Å². The minimum Gasteiger partial charge on any atom is -0.385 e. The Bertz CT molecular complexity index is 555. The molecule has 0 saturated carbocycles. The van der Waals surface area contributed by atoms with E-state index in [-0.39, 0.29) is 5.91 Å². The smallest absolute Gasteiger partial charge is 0.252 e. The topological polar surface area (TPSA) is 38.3 Å². The number of thioether (sulfide) groups is 1. The minimum absolute atomic E-state index is 0.0143. The predicted octanol–water partition coefficient (Wildman–Crippen LogP) is 3.81. The highest BCUT2D eigenvalue weighted by Gasteiger charge is 2.10. The van der Waals surface area contributed by atoms with Crippen molar-refractivity contribution in [3.05, 3.63) is 52.2 Å². The van der Waals surface area contributed by atoms with Gasteiger partial charge in [0.25, 0.3) is 5.91 Å². The monoisotopic (exact) mass is 321 g/mol. The van der Waals surface area contributed by atoms with Crippen LogP contribution in [0.1, 0.15) is 22.3 Å². The van der Waals surface area contributed by atoms with Crippen molar-refractivity contribution < 1.29 is 9.53 Å². The van der Waals surface area contributed by atoms with E-state index in [2.05, 4.69) is 22.1 Å².